The zero-order chi connectivity index (χ0) is 13.0. The van der Waals surface area contributed by atoms with Gasteiger partial charge >= 0.3 is 0 Å². The van der Waals surface area contributed by atoms with Crippen LogP contribution >= 0.6 is 0 Å². The standard InChI is InChI=1S/C15H25N3/c1-15(2,3)17-14-6-9-18(10-7-14)12-13-5-4-8-16-11-13/h4-5,8,11,14,17H,6-7,9-10,12H2,1-3H3. The van der Waals surface area contributed by atoms with Gasteiger partial charge in [-0.15, -0.1) is 0 Å². The monoisotopic (exact) mass is 247 g/mol. The van der Waals surface area contributed by atoms with E-state index in [2.05, 4.69) is 42.0 Å². The zero-order valence-electron chi connectivity index (χ0n) is 11.8. The Labute approximate surface area is 111 Å². The molecule has 1 aliphatic rings. The second-order valence-corrected chi connectivity index (χ2v) is 6.31. The maximum Gasteiger partial charge on any atom is 0.0312 e. The normalized spacial score (nSPS) is 19.1. The van der Waals surface area contributed by atoms with E-state index >= 15 is 0 Å². The quantitative estimate of drug-likeness (QED) is 0.889. The summed E-state index contributed by atoms with van der Waals surface area (Å²) < 4.78 is 0. The molecule has 100 valence electrons. The van der Waals surface area contributed by atoms with Crippen molar-refractivity contribution in [2.45, 2.75) is 51.7 Å². The third kappa shape index (κ3) is 4.39. The van der Waals surface area contributed by atoms with E-state index in [-0.39, 0.29) is 5.54 Å². The minimum absolute atomic E-state index is 0.232. The van der Waals surface area contributed by atoms with Gasteiger partial charge in [0.2, 0.25) is 0 Å². The number of pyridine rings is 1. The van der Waals surface area contributed by atoms with Crippen LogP contribution in [0.15, 0.2) is 24.5 Å². The Balaban J connectivity index is 1.77. The molecule has 3 heteroatoms. The fourth-order valence-corrected chi connectivity index (χ4v) is 2.60. The molecule has 0 aromatic carbocycles. The lowest BCUT2D eigenvalue weighted by Gasteiger charge is -2.36. The van der Waals surface area contributed by atoms with Crippen LogP contribution < -0.4 is 5.32 Å². The predicted molar refractivity (Wildman–Crippen MR) is 75.4 cm³/mol. The Morgan fingerprint density at radius 2 is 2.06 bits per heavy atom. The van der Waals surface area contributed by atoms with E-state index in [4.69, 9.17) is 0 Å². The summed E-state index contributed by atoms with van der Waals surface area (Å²) in [7, 11) is 0. The van der Waals surface area contributed by atoms with E-state index in [1.54, 1.807) is 0 Å². The highest BCUT2D eigenvalue weighted by Gasteiger charge is 2.22. The lowest BCUT2D eigenvalue weighted by Crippen LogP contribution is -2.49. The lowest BCUT2D eigenvalue weighted by molar-refractivity contribution is 0.175. The van der Waals surface area contributed by atoms with Crippen LogP contribution in [-0.2, 0) is 6.54 Å². The Bertz CT molecular complexity index is 348. The topological polar surface area (TPSA) is 28.2 Å². The number of aromatic nitrogens is 1. The highest BCUT2D eigenvalue weighted by Crippen LogP contribution is 2.15. The maximum atomic E-state index is 4.17. The minimum atomic E-state index is 0.232. The summed E-state index contributed by atoms with van der Waals surface area (Å²) in [6.45, 7) is 10.1. The first kappa shape index (κ1) is 13.5. The third-order valence-electron chi connectivity index (χ3n) is 3.35. The van der Waals surface area contributed by atoms with Gasteiger partial charge in [0, 0.05) is 30.5 Å². The van der Waals surface area contributed by atoms with Crippen molar-refractivity contribution in [3.63, 3.8) is 0 Å². The molecular formula is C15H25N3. The van der Waals surface area contributed by atoms with Crippen molar-refractivity contribution in [1.82, 2.24) is 15.2 Å². The molecule has 1 fully saturated rings. The predicted octanol–water partition coefficient (Wildman–Crippen LogP) is 2.43. The molecule has 0 unspecified atom stereocenters. The van der Waals surface area contributed by atoms with Crippen LogP contribution in [0, 0.1) is 0 Å². The Hall–Kier alpha value is -0.930. The molecule has 0 amide bonds. The second-order valence-electron chi connectivity index (χ2n) is 6.31. The molecule has 0 radical (unpaired) electrons. The van der Waals surface area contributed by atoms with Crippen molar-refractivity contribution in [1.29, 1.82) is 0 Å². The van der Waals surface area contributed by atoms with Crippen LogP contribution in [0.1, 0.15) is 39.2 Å². The molecule has 1 saturated heterocycles. The van der Waals surface area contributed by atoms with Gasteiger partial charge in [0.1, 0.15) is 0 Å². The van der Waals surface area contributed by atoms with E-state index in [0.717, 1.165) is 6.54 Å². The van der Waals surface area contributed by atoms with E-state index in [1.165, 1.54) is 31.5 Å². The molecule has 2 heterocycles. The van der Waals surface area contributed by atoms with Crippen molar-refractivity contribution in [2.24, 2.45) is 0 Å². The zero-order valence-corrected chi connectivity index (χ0v) is 11.8. The van der Waals surface area contributed by atoms with Gasteiger partial charge in [-0.25, -0.2) is 0 Å². The number of hydrogen-bond donors (Lipinski definition) is 1. The average Bonchev–Trinajstić information content (AvgIpc) is 2.31. The van der Waals surface area contributed by atoms with Gasteiger partial charge < -0.3 is 5.32 Å². The number of rotatable bonds is 3. The van der Waals surface area contributed by atoms with E-state index in [9.17, 15) is 0 Å². The number of nitrogens with zero attached hydrogens (tertiary/aromatic N) is 2. The number of hydrogen-bond acceptors (Lipinski definition) is 3. The molecule has 0 spiro atoms. The summed E-state index contributed by atoms with van der Waals surface area (Å²) in [5.74, 6) is 0. The lowest BCUT2D eigenvalue weighted by atomic mass is 10.00. The fraction of sp³-hybridized carbons (Fsp3) is 0.667. The summed E-state index contributed by atoms with van der Waals surface area (Å²) in [5.41, 5.74) is 1.55. The van der Waals surface area contributed by atoms with Gasteiger partial charge in [0.05, 0.1) is 0 Å². The van der Waals surface area contributed by atoms with Crippen LogP contribution in [0.4, 0.5) is 0 Å². The van der Waals surface area contributed by atoms with Gasteiger partial charge in [0.25, 0.3) is 0 Å². The molecule has 0 atom stereocenters. The molecule has 0 bridgehead atoms. The van der Waals surface area contributed by atoms with Crippen molar-refractivity contribution in [3.05, 3.63) is 30.1 Å². The van der Waals surface area contributed by atoms with Crippen LogP contribution in [-0.4, -0.2) is 34.6 Å². The van der Waals surface area contributed by atoms with Gasteiger partial charge in [-0.2, -0.15) is 0 Å². The fourth-order valence-electron chi connectivity index (χ4n) is 2.60. The number of piperidine rings is 1. The third-order valence-corrected chi connectivity index (χ3v) is 3.35. The molecule has 1 N–H and O–H groups in total. The molecule has 3 nitrogen and oxygen atoms in total. The highest BCUT2D eigenvalue weighted by molar-refractivity contribution is 5.08. The molecule has 1 aromatic heterocycles. The summed E-state index contributed by atoms with van der Waals surface area (Å²) in [5, 5.41) is 3.70. The number of likely N-dealkylation sites (tertiary alicyclic amines) is 1. The van der Waals surface area contributed by atoms with Crippen LogP contribution in [0.3, 0.4) is 0 Å². The molecule has 0 saturated carbocycles. The summed E-state index contributed by atoms with van der Waals surface area (Å²) in [6, 6.07) is 4.85. The molecule has 1 aliphatic heterocycles. The summed E-state index contributed by atoms with van der Waals surface area (Å²) in [6.07, 6.45) is 6.30. The van der Waals surface area contributed by atoms with Crippen LogP contribution in [0.2, 0.25) is 0 Å². The molecule has 2 rings (SSSR count). The second kappa shape index (κ2) is 5.81. The SMILES string of the molecule is CC(C)(C)NC1CCN(Cc2cccnc2)CC1. The Morgan fingerprint density at radius 1 is 1.33 bits per heavy atom. The molecule has 18 heavy (non-hydrogen) atoms. The minimum Gasteiger partial charge on any atom is -0.309 e. The maximum absolute atomic E-state index is 4.17. The van der Waals surface area contributed by atoms with E-state index in [1.807, 2.05) is 18.5 Å². The van der Waals surface area contributed by atoms with Gasteiger partial charge in [-0.1, -0.05) is 6.07 Å². The first-order valence-electron chi connectivity index (χ1n) is 6.92. The Morgan fingerprint density at radius 3 is 2.61 bits per heavy atom. The van der Waals surface area contributed by atoms with Crippen molar-refractivity contribution in [2.75, 3.05) is 13.1 Å². The first-order valence-corrected chi connectivity index (χ1v) is 6.92. The number of nitrogens with one attached hydrogen (secondary N) is 1. The van der Waals surface area contributed by atoms with Gasteiger partial charge in [0.15, 0.2) is 0 Å². The smallest absolute Gasteiger partial charge is 0.0312 e. The summed E-state index contributed by atoms with van der Waals surface area (Å²) >= 11 is 0. The van der Waals surface area contributed by atoms with Gasteiger partial charge in [-0.3, -0.25) is 9.88 Å². The molecule has 1 aromatic rings. The molecular weight excluding hydrogens is 222 g/mol. The van der Waals surface area contributed by atoms with Gasteiger partial charge in [-0.05, 0) is 58.3 Å². The first-order chi connectivity index (χ1) is 8.53. The average molecular weight is 247 g/mol. The highest BCUT2D eigenvalue weighted by atomic mass is 15.1. The van der Waals surface area contributed by atoms with Crippen molar-refractivity contribution in [3.8, 4) is 0 Å². The van der Waals surface area contributed by atoms with Crippen LogP contribution in [0.25, 0.3) is 0 Å². The summed E-state index contributed by atoms with van der Waals surface area (Å²) in [4.78, 5) is 6.70. The van der Waals surface area contributed by atoms with Crippen LogP contribution in [0.5, 0.6) is 0 Å². The Kier molecular flexibility index (Phi) is 4.36. The van der Waals surface area contributed by atoms with E-state index < -0.39 is 0 Å². The largest absolute Gasteiger partial charge is 0.309 e. The molecule has 0 aliphatic carbocycles. The van der Waals surface area contributed by atoms with Crippen molar-refractivity contribution >= 4 is 0 Å². The van der Waals surface area contributed by atoms with E-state index in [0.29, 0.717) is 6.04 Å². The van der Waals surface area contributed by atoms with Crippen molar-refractivity contribution < 1.29 is 0 Å².